The molecule has 0 bridgehead atoms. The number of hydrogen-bond acceptors (Lipinski definition) is 4. The van der Waals surface area contributed by atoms with Gasteiger partial charge in [0.05, 0.1) is 12.1 Å². The summed E-state index contributed by atoms with van der Waals surface area (Å²) in [7, 11) is 0. The molecule has 0 aliphatic carbocycles. The number of carbonyl (C=O) groups is 2. The van der Waals surface area contributed by atoms with Crippen molar-refractivity contribution in [3.63, 3.8) is 0 Å². The molecule has 0 atom stereocenters. The van der Waals surface area contributed by atoms with E-state index in [1.807, 2.05) is 12.1 Å². The van der Waals surface area contributed by atoms with Gasteiger partial charge in [0, 0.05) is 16.4 Å². The highest BCUT2D eigenvalue weighted by Gasteiger charge is 2.27. The van der Waals surface area contributed by atoms with Gasteiger partial charge in [-0.15, -0.1) is 0 Å². The molecule has 2 heterocycles. The Hall–Kier alpha value is -3.39. The number of benzene rings is 2. The maximum absolute atomic E-state index is 13.3. The number of aliphatic imine (C=N–C) groups is 1. The third-order valence-electron chi connectivity index (χ3n) is 4.50. The molecule has 0 spiro atoms. The Morgan fingerprint density at radius 1 is 1.10 bits per heavy atom. The first-order valence-corrected chi connectivity index (χ1v) is 9.93. The first-order valence-electron chi connectivity index (χ1n) is 9.14. The number of rotatable bonds is 4. The second kappa shape index (κ2) is 8.54. The Morgan fingerprint density at radius 2 is 1.83 bits per heavy atom. The van der Waals surface area contributed by atoms with Gasteiger partial charge >= 0.3 is 0 Å². The monoisotopic (exact) mass is 466 g/mol. The molecule has 0 saturated carbocycles. The van der Waals surface area contributed by atoms with Gasteiger partial charge in [-0.1, -0.05) is 28.1 Å². The highest BCUT2D eigenvalue weighted by atomic mass is 79.9. The Bertz CT molecular complexity index is 1130. The Kier molecular flexibility index (Phi) is 5.67. The van der Waals surface area contributed by atoms with Crippen molar-refractivity contribution in [3.8, 4) is 0 Å². The van der Waals surface area contributed by atoms with E-state index in [2.05, 4.69) is 31.2 Å². The fourth-order valence-corrected chi connectivity index (χ4v) is 3.34. The zero-order valence-corrected chi connectivity index (χ0v) is 17.3. The molecule has 1 aromatic heterocycles. The summed E-state index contributed by atoms with van der Waals surface area (Å²) in [6, 6.07) is 16.4. The summed E-state index contributed by atoms with van der Waals surface area (Å²) in [6.45, 7) is -0.203. The molecule has 2 aromatic carbocycles. The van der Waals surface area contributed by atoms with E-state index in [-0.39, 0.29) is 30.6 Å². The first-order chi connectivity index (χ1) is 14.5. The molecule has 0 radical (unpaired) electrons. The van der Waals surface area contributed by atoms with Crippen LogP contribution in [-0.2, 0) is 9.59 Å². The standard InChI is InChI=1S/C22H16BrFN4O2/c23-15-5-9-17(10-6-15)26-20(29)13-28-21(30)12-19(14-3-7-16(24)8-4-14)27-18-2-1-11-25-22(18)28/h1-11H,12-13H2,(H,26,29). The minimum Gasteiger partial charge on any atom is -0.325 e. The van der Waals surface area contributed by atoms with Crippen LogP contribution in [0.3, 0.4) is 0 Å². The van der Waals surface area contributed by atoms with Crippen LogP contribution in [0.4, 0.5) is 21.6 Å². The van der Waals surface area contributed by atoms with Crippen LogP contribution in [-0.4, -0.2) is 29.1 Å². The third-order valence-corrected chi connectivity index (χ3v) is 5.03. The molecule has 1 aliphatic heterocycles. The molecule has 1 aliphatic rings. The van der Waals surface area contributed by atoms with Gasteiger partial charge in [-0.25, -0.2) is 14.4 Å². The van der Waals surface area contributed by atoms with Crippen LogP contribution in [0, 0.1) is 5.82 Å². The summed E-state index contributed by atoms with van der Waals surface area (Å²) in [5, 5.41) is 2.78. The molecule has 6 nitrogen and oxygen atoms in total. The van der Waals surface area contributed by atoms with Crippen LogP contribution >= 0.6 is 15.9 Å². The van der Waals surface area contributed by atoms with E-state index in [4.69, 9.17) is 0 Å². The topological polar surface area (TPSA) is 74.7 Å². The van der Waals surface area contributed by atoms with E-state index in [1.54, 1.807) is 42.6 Å². The lowest BCUT2D eigenvalue weighted by molar-refractivity contribution is -0.120. The molecular weight excluding hydrogens is 451 g/mol. The number of anilines is 2. The summed E-state index contributed by atoms with van der Waals surface area (Å²) in [5.41, 5.74) is 2.22. The molecule has 30 heavy (non-hydrogen) atoms. The van der Waals surface area contributed by atoms with E-state index in [1.165, 1.54) is 17.0 Å². The quantitative estimate of drug-likeness (QED) is 0.615. The molecule has 4 rings (SSSR count). The minimum absolute atomic E-state index is 0.0342. The molecule has 0 unspecified atom stereocenters. The highest BCUT2D eigenvalue weighted by molar-refractivity contribution is 9.10. The molecule has 2 amide bonds. The predicted octanol–water partition coefficient (Wildman–Crippen LogP) is 4.48. The average molecular weight is 467 g/mol. The van der Waals surface area contributed by atoms with E-state index in [9.17, 15) is 14.0 Å². The number of nitrogens with zero attached hydrogens (tertiary/aromatic N) is 3. The molecule has 0 fully saturated rings. The lowest BCUT2D eigenvalue weighted by Gasteiger charge is -2.20. The number of aromatic nitrogens is 1. The van der Waals surface area contributed by atoms with Crippen LogP contribution in [0.1, 0.15) is 12.0 Å². The van der Waals surface area contributed by atoms with Gasteiger partial charge in [-0.3, -0.25) is 14.5 Å². The van der Waals surface area contributed by atoms with Crippen molar-refractivity contribution in [1.82, 2.24) is 4.98 Å². The molecular formula is C22H16BrFN4O2. The van der Waals surface area contributed by atoms with Crippen molar-refractivity contribution in [3.05, 3.63) is 82.7 Å². The number of hydrogen-bond donors (Lipinski definition) is 1. The van der Waals surface area contributed by atoms with E-state index in [0.29, 0.717) is 28.5 Å². The van der Waals surface area contributed by atoms with Crippen LogP contribution in [0.2, 0.25) is 0 Å². The maximum atomic E-state index is 13.3. The lowest BCUT2D eigenvalue weighted by Crippen LogP contribution is -2.38. The second-order valence-corrected chi connectivity index (χ2v) is 7.54. The van der Waals surface area contributed by atoms with Gasteiger partial charge in [0.25, 0.3) is 0 Å². The molecule has 0 saturated heterocycles. The summed E-state index contributed by atoms with van der Waals surface area (Å²) < 4.78 is 14.2. The lowest BCUT2D eigenvalue weighted by atomic mass is 10.1. The summed E-state index contributed by atoms with van der Waals surface area (Å²) in [6.07, 6.45) is 1.51. The summed E-state index contributed by atoms with van der Waals surface area (Å²) in [4.78, 5) is 35.8. The van der Waals surface area contributed by atoms with Crippen molar-refractivity contribution < 1.29 is 14.0 Å². The minimum atomic E-state index is -0.368. The number of amides is 2. The van der Waals surface area contributed by atoms with Crippen LogP contribution in [0.15, 0.2) is 76.3 Å². The van der Waals surface area contributed by atoms with Gasteiger partial charge in [-0.2, -0.15) is 0 Å². The largest absolute Gasteiger partial charge is 0.325 e. The smallest absolute Gasteiger partial charge is 0.244 e. The van der Waals surface area contributed by atoms with Crippen LogP contribution < -0.4 is 10.2 Å². The maximum Gasteiger partial charge on any atom is 0.244 e. The number of nitrogens with one attached hydrogen (secondary N) is 1. The molecule has 150 valence electrons. The number of halogens is 2. The fraction of sp³-hybridized carbons (Fsp3) is 0.0909. The Balaban J connectivity index is 1.60. The number of carbonyl (C=O) groups excluding carboxylic acids is 2. The second-order valence-electron chi connectivity index (χ2n) is 6.62. The van der Waals surface area contributed by atoms with E-state index < -0.39 is 0 Å². The highest BCUT2D eigenvalue weighted by Crippen LogP contribution is 2.30. The summed E-state index contributed by atoms with van der Waals surface area (Å²) in [5.74, 6) is -0.729. The van der Waals surface area contributed by atoms with Gasteiger partial charge in [-0.05, 0) is 54.1 Å². The van der Waals surface area contributed by atoms with Gasteiger partial charge in [0.2, 0.25) is 11.8 Å². The van der Waals surface area contributed by atoms with Crippen molar-refractivity contribution >= 4 is 50.6 Å². The Morgan fingerprint density at radius 3 is 2.57 bits per heavy atom. The fourth-order valence-electron chi connectivity index (χ4n) is 3.07. The average Bonchev–Trinajstić information content (AvgIpc) is 2.87. The molecule has 1 N–H and O–H groups in total. The Labute approximate surface area is 180 Å². The van der Waals surface area contributed by atoms with E-state index >= 15 is 0 Å². The van der Waals surface area contributed by atoms with Crippen LogP contribution in [0.25, 0.3) is 0 Å². The first kappa shape index (κ1) is 19.9. The van der Waals surface area contributed by atoms with Crippen molar-refractivity contribution in [2.75, 3.05) is 16.8 Å². The van der Waals surface area contributed by atoms with Gasteiger partial charge < -0.3 is 5.32 Å². The molecule has 3 aromatic rings. The SMILES string of the molecule is O=C(CN1C(=O)CC(c2ccc(F)cc2)=Nc2cccnc21)Nc1ccc(Br)cc1. The third kappa shape index (κ3) is 4.44. The number of pyridine rings is 1. The van der Waals surface area contributed by atoms with Gasteiger partial charge in [0.1, 0.15) is 18.0 Å². The predicted molar refractivity (Wildman–Crippen MR) is 117 cm³/mol. The zero-order chi connectivity index (χ0) is 21.1. The zero-order valence-electron chi connectivity index (χ0n) is 15.7. The van der Waals surface area contributed by atoms with Crippen molar-refractivity contribution in [2.45, 2.75) is 6.42 Å². The van der Waals surface area contributed by atoms with Crippen molar-refractivity contribution in [1.29, 1.82) is 0 Å². The number of fused-ring (bicyclic) bond motifs is 1. The van der Waals surface area contributed by atoms with E-state index in [0.717, 1.165) is 4.47 Å². The molecule has 8 heteroatoms. The normalized spacial score (nSPS) is 13.3. The van der Waals surface area contributed by atoms with Gasteiger partial charge in [0.15, 0.2) is 5.82 Å². The van der Waals surface area contributed by atoms with Crippen LogP contribution in [0.5, 0.6) is 0 Å². The summed E-state index contributed by atoms with van der Waals surface area (Å²) >= 11 is 3.35. The van der Waals surface area contributed by atoms with Crippen molar-refractivity contribution in [2.24, 2.45) is 4.99 Å².